The Hall–Kier alpha value is -0.610. The summed E-state index contributed by atoms with van der Waals surface area (Å²) in [5, 5.41) is 18.7. The van der Waals surface area contributed by atoms with Gasteiger partial charge < -0.3 is 14.9 Å². The van der Waals surface area contributed by atoms with E-state index in [0.29, 0.717) is 0 Å². The number of rotatable bonds is 5. The van der Waals surface area contributed by atoms with Crippen LogP contribution < -0.4 is 0 Å². The summed E-state index contributed by atoms with van der Waals surface area (Å²) in [6, 6.07) is 0. The first kappa shape index (κ1) is 12.4. The van der Waals surface area contributed by atoms with Crippen LogP contribution in [0.2, 0.25) is 0 Å². The van der Waals surface area contributed by atoms with Crippen LogP contribution in [0.4, 0.5) is 0 Å². The largest absolute Gasteiger partial charge is 0.469 e. The highest BCUT2D eigenvalue weighted by Crippen LogP contribution is 2.10. The molecule has 13 heavy (non-hydrogen) atoms. The molecule has 0 aromatic carbocycles. The molecule has 0 heterocycles. The quantitative estimate of drug-likeness (QED) is 0.613. The van der Waals surface area contributed by atoms with Gasteiger partial charge in [0.05, 0.1) is 25.7 Å². The molecular weight excluding hydrogens is 172 g/mol. The molecule has 78 valence electrons. The number of hydrogen-bond acceptors (Lipinski definition) is 4. The predicted octanol–water partition coefficient (Wildman–Crippen LogP) is 0.317. The van der Waals surface area contributed by atoms with E-state index in [-0.39, 0.29) is 18.8 Å². The van der Waals surface area contributed by atoms with E-state index in [1.165, 1.54) is 7.11 Å². The minimum atomic E-state index is -0.815. The van der Waals surface area contributed by atoms with Crippen LogP contribution in [0.5, 0.6) is 0 Å². The molecule has 0 amide bonds. The second kappa shape index (κ2) is 5.94. The molecule has 0 aromatic rings. The van der Waals surface area contributed by atoms with E-state index in [9.17, 15) is 15.0 Å². The van der Waals surface area contributed by atoms with Gasteiger partial charge >= 0.3 is 5.97 Å². The van der Waals surface area contributed by atoms with Crippen molar-refractivity contribution >= 4 is 5.97 Å². The molecule has 2 N–H and O–H groups in total. The lowest BCUT2D eigenvalue weighted by molar-refractivity contribution is -0.143. The third-order valence-corrected chi connectivity index (χ3v) is 1.91. The van der Waals surface area contributed by atoms with Gasteiger partial charge in [0, 0.05) is 6.42 Å². The second-order valence-corrected chi connectivity index (χ2v) is 3.48. The third-order valence-electron chi connectivity index (χ3n) is 1.91. The molecule has 0 bridgehead atoms. The average molecular weight is 190 g/mol. The summed E-state index contributed by atoms with van der Waals surface area (Å²) >= 11 is 0. The summed E-state index contributed by atoms with van der Waals surface area (Å²) in [7, 11) is 1.27. The Morgan fingerprint density at radius 2 is 1.92 bits per heavy atom. The van der Waals surface area contributed by atoms with Crippen LogP contribution >= 0.6 is 0 Å². The summed E-state index contributed by atoms with van der Waals surface area (Å²) < 4.78 is 4.38. The molecule has 0 saturated heterocycles. The fourth-order valence-electron chi connectivity index (χ4n) is 0.910. The normalized spacial score (nSPS) is 15.5. The number of carbonyl (C=O) groups is 1. The zero-order valence-corrected chi connectivity index (χ0v) is 8.36. The Balaban J connectivity index is 3.73. The van der Waals surface area contributed by atoms with Gasteiger partial charge in [-0.15, -0.1) is 0 Å². The Kier molecular flexibility index (Phi) is 5.66. The molecule has 0 saturated carbocycles. The fraction of sp³-hybridized carbons (Fsp3) is 0.889. The van der Waals surface area contributed by atoms with Crippen molar-refractivity contribution in [3.05, 3.63) is 0 Å². The molecule has 4 nitrogen and oxygen atoms in total. The SMILES string of the molecule is COC(=O)CC(O)CC(O)C(C)C. The molecule has 0 fully saturated rings. The Bertz CT molecular complexity index is 156. The van der Waals surface area contributed by atoms with E-state index >= 15 is 0 Å². The Morgan fingerprint density at radius 1 is 1.38 bits per heavy atom. The number of carbonyl (C=O) groups excluding carboxylic acids is 1. The maximum atomic E-state index is 10.7. The van der Waals surface area contributed by atoms with Crippen molar-refractivity contribution in [3.63, 3.8) is 0 Å². The van der Waals surface area contributed by atoms with Gasteiger partial charge in [-0.1, -0.05) is 13.8 Å². The lowest BCUT2D eigenvalue weighted by Crippen LogP contribution is -2.24. The molecule has 4 heteroatoms. The number of aliphatic hydroxyl groups is 2. The smallest absolute Gasteiger partial charge is 0.308 e. The first-order chi connectivity index (χ1) is 5.97. The van der Waals surface area contributed by atoms with Gasteiger partial charge in [0.15, 0.2) is 0 Å². The van der Waals surface area contributed by atoms with E-state index in [1.807, 2.05) is 13.8 Å². The summed E-state index contributed by atoms with van der Waals surface area (Å²) in [5.41, 5.74) is 0. The van der Waals surface area contributed by atoms with Crippen LogP contribution in [0.15, 0.2) is 0 Å². The lowest BCUT2D eigenvalue weighted by atomic mass is 10.00. The molecular formula is C9H18O4. The van der Waals surface area contributed by atoms with E-state index in [0.717, 1.165) is 0 Å². The number of hydrogen-bond donors (Lipinski definition) is 2. The highest BCUT2D eigenvalue weighted by atomic mass is 16.5. The summed E-state index contributed by atoms with van der Waals surface area (Å²) in [5.74, 6) is -0.365. The molecule has 0 aliphatic heterocycles. The molecule has 0 radical (unpaired) electrons. The average Bonchev–Trinajstić information content (AvgIpc) is 2.03. The maximum Gasteiger partial charge on any atom is 0.308 e. The molecule has 0 aliphatic rings. The molecule has 0 spiro atoms. The molecule has 2 atom stereocenters. The van der Waals surface area contributed by atoms with Gasteiger partial charge in [-0.2, -0.15) is 0 Å². The van der Waals surface area contributed by atoms with Crippen molar-refractivity contribution in [2.24, 2.45) is 5.92 Å². The van der Waals surface area contributed by atoms with Crippen molar-refractivity contribution in [2.45, 2.75) is 38.9 Å². The van der Waals surface area contributed by atoms with Gasteiger partial charge in [0.25, 0.3) is 0 Å². The Labute approximate surface area is 78.5 Å². The number of methoxy groups -OCH3 is 1. The standard InChI is InChI=1S/C9H18O4/c1-6(2)8(11)4-7(10)5-9(12)13-3/h6-8,10-11H,4-5H2,1-3H3. The minimum Gasteiger partial charge on any atom is -0.469 e. The Morgan fingerprint density at radius 3 is 2.31 bits per heavy atom. The zero-order valence-electron chi connectivity index (χ0n) is 8.36. The fourth-order valence-corrected chi connectivity index (χ4v) is 0.910. The monoisotopic (exact) mass is 190 g/mol. The predicted molar refractivity (Wildman–Crippen MR) is 48.1 cm³/mol. The van der Waals surface area contributed by atoms with Crippen molar-refractivity contribution < 1.29 is 19.7 Å². The van der Waals surface area contributed by atoms with Crippen LogP contribution in [0, 0.1) is 5.92 Å². The van der Waals surface area contributed by atoms with Crippen LogP contribution in [0.1, 0.15) is 26.7 Å². The zero-order chi connectivity index (χ0) is 10.4. The summed E-state index contributed by atoms with van der Waals surface area (Å²) in [6.07, 6.45) is -1.22. The van der Waals surface area contributed by atoms with Crippen LogP contribution in [0.25, 0.3) is 0 Å². The number of esters is 1. The van der Waals surface area contributed by atoms with Gasteiger partial charge in [-0.3, -0.25) is 4.79 Å². The first-order valence-electron chi connectivity index (χ1n) is 4.40. The van der Waals surface area contributed by atoms with E-state index in [4.69, 9.17) is 0 Å². The molecule has 2 unspecified atom stereocenters. The highest BCUT2D eigenvalue weighted by molar-refractivity contribution is 5.69. The van der Waals surface area contributed by atoms with Gasteiger partial charge in [-0.05, 0) is 5.92 Å². The lowest BCUT2D eigenvalue weighted by Gasteiger charge is -2.17. The van der Waals surface area contributed by atoms with Crippen LogP contribution in [-0.2, 0) is 9.53 Å². The van der Waals surface area contributed by atoms with Crippen molar-refractivity contribution in [1.29, 1.82) is 0 Å². The van der Waals surface area contributed by atoms with Gasteiger partial charge in [0.1, 0.15) is 0 Å². The molecule has 0 aliphatic carbocycles. The minimum absolute atomic E-state index is 0.0553. The van der Waals surface area contributed by atoms with E-state index in [1.54, 1.807) is 0 Å². The first-order valence-corrected chi connectivity index (χ1v) is 4.40. The maximum absolute atomic E-state index is 10.7. The number of aliphatic hydroxyl groups excluding tert-OH is 2. The van der Waals surface area contributed by atoms with Crippen molar-refractivity contribution in [1.82, 2.24) is 0 Å². The summed E-state index contributed by atoms with van der Waals surface area (Å²) in [6.45, 7) is 3.71. The van der Waals surface area contributed by atoms with E-state index in [2.05, 4.69) is 4.74 Å². The topological polar surface area (TPSA) is 66.8 Å². The van der Waals surface area contributed by atoms with Gasteiger partial charge in [0.2, 0.25) is 0 Å². The third kappa shape index (κ3) is 5.60. The van der Waals surface area contributed by atoms with Crippen LogP contribution in [0.3, 0.4) is 0 Å². The molecule has 0 aromatic heterocycles. The van der Waals surface area contributed by atoms with Crippen molar-refractivity contribution in [2.75, 3.05) is 7.11 Å². The van der Waals surface area contributed by atoms with Crippen LogP contribution in [-0.4, -0.2) is 35.5 Å². The second-order valence-electron chi connectivity index (χ2n) is 3.48. The highest BCUT2D eigenvalue weighted by Gasteiger charge is 2.17. The number of ether oxygens (including phenoxy) is 1. The van der Waals surface area contributed by atoms with E-state index < -0.39 is 18.2 Å². The van der Waals surface area contributed by atoms with Crippen molar-refractivity contribution in [3.8, 4) is 0 Å². The molecule has 0 rings (SSSR count). The summed E-state index contributed by atoms with van der Waals surface area (Å²) in [4.78, 5) is 10.7. The van der Waals surface area contributed by atoms with Gasteiger partial charge in [-0.25, -0.2) is 0 Å².